The number of nitrogens with one attached hydrogen (secondary N) is 1. The van der Waals surface area contributed by atoms with Crippen LogP contribution in [0.15, 0.2) is 46.9 Å². The Morgan fingerprint density at radius 3 is 2.73 bits per heavy atom. The lowest BCUT2D eigenvalue weighted by molar-refractivity contribution is 0.0162. The topological polar surface area (TPSA) is 41.6 Å². The maximum atomic E-state index is 12.6. The van der Waals surface area contributed by atoms with Gasteiger partial charge < -0.3 is 10.1 Å². The third-order valence-electron chi connectivity index (χ3n) is 4.55. The molecule has 4 nitrogen and oxygen atoms in total. The monoisotopic (exact) mass is 436 g/mol. The molecule has 1 saturated heterocycles. The highest BCUT2D eigenvalue weighted by Gasteiger charge is 2.24. The maximum absolute atomic E-state index is 12.6. The smallest absolute Gasteiger partial charge is 0.252 e. The zero-order valence-electron chi connectivity index (χ0n) is 14.7. The van der Waals surface area contributed by atoms with E-state index in [4.69, 9.17) is 16.3 Å². The minimum Gasteiger partial charge on any atom is -0.379 e. The predicted octanol–water partition coefficient (Wildman–Crippen LogP) is 4.21. The summed E-state index contributed by atoms with van der Waals surface area (Å²) in [5.41, 5.74) is 2.90. The summed E-state index contributed by atoms with van der Waals surface area (Å²) in [5.74, 6) is -0.159. The van der Waals surface area contributed by atoms with Gasteiger partial charge in [-0.25, -0.2) is 0 Å². The molecule has 1 unspecified atom stereocenters. The van der Waals surface area contributed by atoms with Gasteiger partial charge in [-0.3, -0.25) is 9.69 Å². The van der Waals surface area contributed by atoms with Crippen LogP contribution in [0.25, 0.3) is 0 Å². The molecule has 0 bridgehead atoms. The zero-order chi connectivity index (χ0) is 18.5. The van der Waals surface area contributed by atoms with Gasteiger partial charge in [-0.1, -0.05) is 57.4 Å². The van der Waals surface area contributed by atoms with Gasteiger partial charge in [0.25, 0.3) is 5.91 Å². The first-order valence-electron chi connectivity index (χ1n) is 8.66. The van der Waals surface area contributed by atoms with Gasteiger partial charge in [0.2, 0.25) is 0 Å². The van der Waals surface area contributed by atoms with Gasteiger partial charge in [0.05, 0.1) is 29.8 Å². The lowest BCUT2D eigenvalue weighted by Gasteiger charge is -2.35. The van der Waals surface area contributed by atoms with Crippen LogP contribution in [0.4, 0.5) is 0 Å². The molecule has 0 spiro atoms. The number of carbonyl (C=O) groups is 1. The number of nitrogens with zero attached hydrogens (tertiary/aromatic N) is 1. The highest BCUT2D eigenvalue weighted by molar-refractivity contribution is 9.10. The van der Waals surface area contributed by atoms with Crippen molar-refractivity contribution >= 4 is 33.4 Å². The van der Waals surface area contributed by atoms with Crippen LogP contribution in [0.3, 0.4) is 0 Å². The molecular formula is C20H22BrClN2O2. The van der Waals surface area contributed by atoms with E-state index in [-0.39, 0.29) is 11.9 Å². The Morgan fingerprint density at radius 2 is 2.04 bits per heavy atom. The van der Waals surface area contributed by atoms with Crippen molar-refractivity contribution in [1.82, 2.24) is 10.2 Å². The lowest BCUT2D eigenvalue weighted by Crippen LogP contribution is -2.43. The average molecular weight is 438 g/mol. The van der Waals surface area contributed by atoms with Crippen molar-refractivity contribution in [2.24, 2.45) is 0 Å². The van der Waals surface area contributed by atoms with Crippen molar-refractivity contribution < 1.29 is 9.53 Å². The Hall–Kier alpha value is -1.40. The molecule has 0 radical (unpaired) electrons. The summed E-state index contributed by atoms with van der Waals surface area (Å²) < 4.78 is 6.33. The molecule has 138 valence electrons. The zero-order valence-corrected chi connectivity index (χ0v) is 17.0. The van der Waals surface area contributed by atoms with Crippen LogP contribution < -0.4 is 5.32 Å². The number of halogens is 2. The fraction of sp³-hybridized carbons (Fsp3) is 0.350. The number of hydrogen-bond acceptors (Lipinski definition) is 3. The van der Waals surface area contributed by atoms with Crippen LogP contribution in [0.5, 0.6) is 0 Å². The normalized spacial score (nSPS) is 16.3. The summed E-state index contributed by atoms with van der Waals surface area (Å²) in [6.45, 7) is 5.75. The van der Waals surface area contributed by atoms with Crippen LogP contribution in [0.2, 0.25) is 5.02 Å². The van der Waals surface area contributed by atoms with Crippen LogP contribution in [-0.4, -0.2) is 43.7 Å². The van der Waals surface area contributed by atoms with Gasteiger partial charge in [-0.05, 0) is 30.7 Å². The molecule has 1 atom stereocenters. The summed E-state index contributed by atoms with van der Waals surface area (Å²) >= 11 is 9.57. The standard InChI is InChI=1S/C20H22BrClN2O2/c1-14-3-2-4-15(11-14)19(24-7-9-26-10-8-24)13-23-20(25)17-6-5-16(21)12-18(17)22/h2-6,11-12,19H,7-10,13H2,1H3,(H,23,25). The van der Waals surface area contributed by atoms with E-state index in [1.807, 2.05) is 6.07 Å². The van der Waals surface area contributed by atoms with E-state index in [1.165, 1.54) is 11.1 Å². The summed E-state index contributed by atoms with van der Waals surface area (Å²) in [7, 11) is 0. The Kier molecular flexibility index (Phi) is 6.70. The molecule has 0 aromatic heterocycles. The predicted molar refractivity (Wildman–Crippen MR) is 108 cm³/mol. The van der Waals surface area contributed by atoms with Crippen LogP contribution in [-0.2, 0) is 4.74 Å². The Bertz CT molecular complexity index is 778. The minimum absolute atomic E-state index is 0.108. The molecule has 1 heterocycles. The van der Waals surface area contributed by atoms with E-state index < -0.39 is 0 Å². The second-order valence-corrected chi connectivity index (χ2v) is 7.74. The largest absolute Gasteiger partial charge is 0.379 e. The molecule has 0 aliphatic carbocycles. The Morgan fingerprint density at radius 1 is 1.27 bits per heavy atom. The summed E-state index contributed by atoms with van der Waals surface area (Å²) in [5, 5.41) is 3.49. The molecule has 3 rings (SSSR count). The molecular weight excluding hydrogens is 416 g/mol. The molecule has 1 aliphatic heterocycles. The fourth-order valence-electron chi connectivity index (χ4n) is 3.18. The van der Waals surface area contributed by atoms with E-state index >= 15 is 0 Å². The minimum atomic E-state index is -0.159. The van der Waals surface area contributed by atoms with E-state index in [9.17, 15) is 4.79 Å². The van der Waals surface area contributed by atoms with Crippen molar-refractivity contribution in [2.75, 3.05) is 32.8 Å². The van der Waals surface area contributed by atoms with Gasteiger partial charge in [0.1, 0.15) is 0 Å². The van der Waals surface area contributed by atoms with Crippen LogP contribution in [0.1, 0.15) is 27.5 Å². The number of rotatable bonds is 5. The highest BCUT2D eigenvalue weighted by atomic mass is 79.9. The molecule has 0 saturated carbocycles. The quantitative estimate of drug-likeness (QED) is 0.762. The van der Waals surface area contributed by atoms with Crippen LogP contribution in [0, 0.1) is 6.92 Å². The first-order valence-corrected chi connectivity index (χ1v) is 9.83. The Balaban J connectivity index is 1.76. The molecule has 1 fully saturated rings. The fourth-order valence-corrected chi connectivity index (χ4v) is 3.94. The molecule has 1 N–H and O–H groups in total. The van der Waals surface area contributed by atoms with E-state index in [2.05, 4.69) is 57.3 Å². The number of benzene rings is 2. The number of ether oxygens (including phenoxy) is 1. The summed E-state index contributed by atoms with van der Waals surface area (Å²) in [6.07, 6.45) is 0. The van der Waals surface area contributed by atoms with Crippen molar-refractivity contribution in [3.8, 4) is 0 Å². The molecule has 1 amide bonds. The molecule has 26 heavy (non-hydrogen) atoms. The summed E-state index contributed by atoms with van der Waals surface area (Å²) in [4.78, 5) is 15.0. The number of morpholine rings is 1. The first-order chi connectivity index (χ1) is 12.5. The van der Waals surface area contributed by atoms with Gasteiger partial charge in [0.15, 0.2) is 0 Å². The Labute approximate surface area is 167 Å². The third kappa shape index (κ3) is 4.86. The van der Waals surface area contributed by atoms with Crippen LogP contribution >= 0.6 is 27.5 Å². The third-order valence-corrected chi connectivity index (χ3v) is 5.35. The number of carbonyl (C=O) groups excluding carboxylic acids is 1. The SMILES string of the molecule is Cc1cccc(C(CNC(=O)c2ccc(Br)cc2Cl)N2CCOCC2)c1. The lowest BCUT2D eigenvalue weighted by atomic mass is 10.0. The molecule has 2 aromatic carbocycles. The average Bonchev–Trinajstić information content (AvgIpc) is 2.63. The van der Waals surface area contributed by atoms with E-state index in [1.54, 1.807) is 12.1 Å². The number of hydrogen-bond donors (Lipinski definition) is 1. The van der Waals surface area contributed by atoms with Crippen molar-refractivity contribution in [3.05, 3.63) is 68.7 Å². The van der Waals surface area contributed by atoms with Gasteiger partial charge >= 0.3 is 0 Å². The maximum Gasteiger partial charge on any atom is 0.252 e. The van der Waals surface area contributed by atoms with Gasteiger partial charge in [-0.2, -0.15) is 0 Å². The second kappa shape index (κ2) is 9.00. The van der Waals surface area contributed by atoms with Gasteiger partial charge in [-0.15, -0.1) is 0 Å². The van der Waals surface area contributed by atoms with E-state index in [0.29, 0.717) is 17.1 Å². The first kappa shape index (κ1) is 19.4. The molecule has 1 aliphatic rings. The summed E-state index contributed by atoms with van der Waals surface area (Å²) in [6, 6.07) is 13.8. The second-order valence-electron chi connectivity index (χ2n) is 6.41. The van der Waals surface area contributed by atoms with Crippen molar-refractivity contribution in [1.29, 1.82) is 0 Å². The number of aryl methyl sites for hydroxylation is 1. The molecule has 2 aromatic rings. The number of amides is 1. The molecule has 6 heteroatoms. The van der Waals surface area contributed by atoms with E-state index in [0.717, 1.165) is 30.8 Å². The highest BCUT2D eigenvalue weighted by Crippen LogP contribution is 2.24. The van der Waals surface area contributed by atoms with Crippen molar-refractivity contribution in [2.45, 2.75) is 13.0 Å². The van der Waals surface area contributed by atoms with Gasteiger partial charge in [0, 0.05) is 24.1 Å². The van der Waals surface area contributed by atoms with Crippen molar-refractivity contribution in [3.63, 3.8) is 0 Å².